The lowest BCUT2D eigenvalue weighted by atomic mass is 9.95. The smallest absolute Gasteiger partial charge is 0.296 e. The summed E-state index contributed by atoms with van der Waals surface area (Å²) in [5.41, 5.74) is 1.36. The summed E-state index contributed by atoms with van der Waals surface area (Å²) in [5, 5.41) is 11.8. The van der Waals surface area contributed by atoms with Crippen LogP contribution in [-0.2, 0) is 4.79 Å². The minimum atomic E-state index is -0.841. The zero-order valence-electron chi connectivity index (χ0n) is 17.5. The van der Waals surface area contributed by atoms with Gasteiger partial charge in [0.05, 0.1) is 33.8 Å². The first-order chi connectivity index (χ1) is 15.9. The molecular weight excluding hydrogens is 480 g/mol. The quantitative estimate of drug-likeness (QED) is 0.337. The fraction of sp³-hybridized carbons (Fsp3) is 0.125. The normalized spacial score (nSPS) is 16.2. The number of amides is 1. The van der Waals surface area contributed by atoms with Crippen LogP contribution in [-0.4, -0.2) is 28.9 Å². The molecule has 0 fully saturated rings. The number of methoxy groups -OCH3 is 1. The Morgan fingerprint density at radius 2 is 1.88 bits per heavy atom. The molecule has 0 bridgehead atoms. The van der Waals surface area contributed by atoms with Crippen molar-refractivity contribution in [3.63, 3.8) is 0 Å². The van der Waals surface area contributed by atoms with Crippen LogP contribution in [0.5, 0.6) is 5.75 Å². The molecular formula is C24H17ClN2O4S2. The van der Waals surface area contributed by atoms with Crippen LogP contribution < -0.4 is 9.64 Å². The van der Waals surface area contributed by atoms with E-state index in [2.05, 4.69) is 4.98 Å². The molecule has 1 atom stereocenters. The third-order valence-electron chi connectivity index (χ3n) is 5.39. The first-order valence-corrected chi connectivity index (χ1v) is 12.0. The predicted octanol–water partition coefficient (Wildman–Crippen LogP) is 6.11. The van der Waals surface area contributed by atoms with Gasteiger partial charge in [-0.2, -0.15) is 0 Å². The van der Waals surface area contributed by atoms with Gasteiger partial charge < -0.3 is 9.84 Å². The van der Waals surface area contributed by atoms with E-state index in [1.165, 1.54) is 27.6 Å². The molecule has 3 heterocycles. The number of rotatable bonds is 5. The Labute approximate surface area is 202 Å². The molecule has 0 aliphatic carbocycles. The molecule has 5 rings (SSSR count). The van der Waals surface area contributed by atoms with Crippen molar-refractivity contribution in [1.29, 1.82) is 0 Å². The van der Waals surface area contributed by atoms with Crippen LogP contribution in [0.2, 0.25) is 5.02 Å². The summed E-state index contributed by atoms with van der Waals surface area (Å²) in [6, 6.07) is 15.0. The standard InChI is InChI=1S/C24H17ClN2O4S2/c1-12-3-10-17(32-12)21(28)19-20(13-4-6-14(25)7-5-13)27(23(30)22(19)29)24-26-16-9-8-15(31-2)11-18(16)33-24/h3-11,20,29H,1-2H3. The van der Waals surface area contributed by atoms with E-state index >= 15 is 0 Å². The highest BCUT2D eigenvalue weighted by atomic mass is 35.5. The number of aromatic nitrogens is 1. The highest BCUT2D eigenvalue weighted by molar-refractivity contribution is 7.22. The monoisotopic (exact) mass is 496 g/mol. The Hall–Kier alpha value is -3.20. The lowest BCUT2D eigenvalue weighted by Gasteiger charge is -2.24. The molecule has 33 heavy (non-hydrogen) atoms. The van der Waals surface area contributed by atoms with Crippen molar-refractivity contribution < 1.29 is 19.4 Å². The summed E-state index contributed by atoms with van der Waals surface area (Å²) < 4.78 is 6.11. The van der Waals surface area contributed by atoms with Crippen LogP contribution in [0.3, 0.4) is 0 Å². The summed E-state index contributed by atoms with van der Waals surface area (Å²) in [4.78, 5) is 34.2. The third-order valence-corrected chi connectivity index (χ3v) is 7.66. The van der Waals surface area contributed by atoms with Gasteiger partial charge in [0.1, 0.15) is 5.75 Å². The molecule has 4 aromatic rings. The van der Waals surface area contributed by atoms with Crippen molar-refractivity contribution in [2.75, 3.05) is 12.0 Å². The van der Waals surface area contributed by atoms with Crippen molar-refractivity contribution in [2.45, 2.75) is 13.0 Å². The number of ketones is 1. The molecule has 1 amide bonds. The molecule has 166 valence electrons. The number of Topliss-reactive ketones (excluding diaryl/α,β-unsaturated/α-hetero) is 1. The van der Waals surface area contributed by atoms with E-state index in [1.54, 1.807) is 49.6 Å². The molecule has 9 heteroatoms. The highest BCUT2D eigenvalue weighted by Crippen LogP contribution is 2.45. The number of thiazole rings is 1. The summed E-state index contributed by atoms with van der Waals surface area (Å²) in [5.74, 6) is -0.950. The maximum Gasteiger partial charge on any atom is 0.296 e. The van der Waals surface area contributed by atoms with Crippen molar-refractivity contribution in [3.05, 3.63) is 86.3 Å². The maximum atomic E-state index is 13.5. The summed E-state index contributed by atoms with van der Waals surface area (Å²) >= 11 is 8.68. The Balaban J connectivity index is 1.66. The first kappa shape index (κ1) is 21.6. The predicted molar refractivity (Wildman–Crippen MR) is 131 cm³/mol. The van der Waals surface area contributed by atoms with Gasteiger partial charge in [0.2, 0.25) is 5.78 Å². The number of carbonyl (C=O) groups excluding carboxylic acids is 2. The minimum absolute atomic E-state index is 0.0287. The number of aryl methyl sites for hydroxylation is 1. The average molecular weight is 497 g/mol. The molecule has 6 nitrogen and oxygen atoms in total. The van der Waals surface area contributed by atoms with Gasteiger partial charge in [0.25, 0.3) is 5.91 Å². The number of aliphatic hydroxyl groups is 1. The second-order valence-electron chi connectivity index (χ2n) is 7.46. The van der Waals surface area contributed by atoms with Crippen molar-refractivity contribution in [3.8, 4) is 5.75 Å². The number of halogens is 1. The number of nitrogens with zero attached hydrogens (tertiary/aromatic N) is 2. The number of benzene rings is 2. The van der Waals surface area contributed by atoms with Gasteiger partial charge in [0.15, 0.2) is 10.9 Å². The number of fused-ring (bicyclic) bond motifs is 1. The molecule has 1 unspecified atom stereocenters. The van der Waals surface area contributed by atoms with Gasteiger partial charge in [0, 0.05) is 9.90 Å². The summed E-state index contributed by atoms with van der Waals surface area (Å²) in [6.07, 6.45) is 0. The molecule has 0 radical (unpaired) electrons. The fourth-order valence-electron chi connectivity index (χ4n) is 3.81. The number of aliphatic hydroxyl groups excluding tert-OH is 1. The number of ether oxygens (including phenoxy) is 1. The molecule has 0 saturated heterocycles. The van der Waals surface area contributed by atoms with Crippen molar-refractivity contribution >= 4 is 61.3 Å². The molecule has 2 aromatic carbocycles. The van der Waals surface area contributed by atoms with Crippen LogP contribution in [0.25, 0.3) is 10.2 Å². The average Bonchev–Trinajstić information content (AvgIpc) is 3.49. The Kier molecular flexibility index (Phi) is 5.44. The number of thiophene rings is 1. The van der Waals surface area contributed by atoms with Gasteiger partial charge >= 0.3 is 0 Å². The lowest BCUT2D eigenvalue weighted by molar-refractivity contribution is -0.117. The Morgan fingerprint density at radius 3 is 2.55 bits per heavy atom. The second-order valence-corrected chi connectivity index (χ2v) is 10.2. The second kappa shape index (κ2) is 8.30. The zero-order valence-corrected chi connectivity index (χ0v) is 19.9. The van der Waals surface area contributed by atoms with Crippen LogP contribution in [0.1, 0.15) is 26.2 Å². The SMILES string of the molecule is COc1ccc2nc(N3C(=O)C(O)=C(C(=O)c4ccc(C)s4)C3c3ccc(Cl)cc3)sc2c1. The van der Waals surface area contributed by atoms with Crippen LogP contribution in [0.4, 0.5) is 5.13 Å². The molecule has 0 saturated carbocycles. The van der Waals surface area contributed by atoms with Gasteiger partial charge in [-0.05, 0) is 55.0 Å². The van der Waals surface area contributed by atoms with Gasteiger partial charge in [-0.15, -0.1) is 11.3 Å². The fourth-order valence-corrected chi connectivity index (χ4v) is 5.78. The molecule has 1 aliphatic rings. The topological polar surface area (TPSA) is 79.7 Å². The van der Waals surface area contributed by atoms with Crippen LogP contribution in [0.15, 0.2) is 65.9 Å². The van der Waals surface area contributed by atoms with Gasteiger partial charge in [-0.3, -0.25) is 14.5 Å². The van der Waals surface area contributed by atoms with Crippen molar-refractivity contribution in [2.24, 2.45) is 0 Å². The van der Waals surface area contributed by atoms with Gasteiger partial charge in [-0.1, -0.05) is 35.1 Å². The Morgan fingerprint density at radius 1 is 1.12 bits per heavy atom. The Bertz CT molecular complexity index is 1440. The minimum Gasteiger partial charge on any atom is -0.503 e. The van der Waals surface area contributed by atoms with E-state index < -0.39 is 17.7 Å². The molecule has 2 aromatic heterocycles. The number of hydrogen-bond donors (Lipinski definition) is 1. The highest BCUT2D eigenvalue weighted by Gasteiger charge is 2.46. The number of carbonyl (C=O) groups is 2. The molecule has 1 aliphatic heterocycles. The molecule has 1 N–H and O–H groups in total. The largest absolute Gasteiger partial charge is 0.503 e. The first-order valence-electron chi connectivity index (χ1n) is 9.95. The summed E-state index contributed by atoms with van der Waals surface area (Å²) in [7, 11) is 1.58. The summed E-state index contributed by atoms with van der Waals surface area (Å²) in [6.45, 7) is 1.90. The van der Waals surface area contributed by atoms with E-state index in [9.17, 15) is 14.7 Å². The lowest BCUT2D eigenvalue weighted by Crippen LogP contribution is -2.30. The maximum absolute atomic E-state index is 13.5. The van der Waals surface area contributed by atoms with E-state index in [0.29, 0.717) is 31.9 Å². The number of hydrogen-bond acceptors (Lipinski definition) is 7. The number of anilines is 1. The third kappa shape index (κ3) is 3.70. The molecule has 0 spiro atoms. The zero-order chi connectivity index (χ0) is 23.3. The van der Waals surface area contributed by atoms with E-state index in [4.69, 9.17) is 16.3 Å². The van der Waals surface area contributed by atoms with Crippen LogP contribution >= 0.6 is 34.3 Å². The van der Waals surface area contributed by atoms with Gasteiger partial charge in [-0.25, -0.2) is 4.98 Å². The van der Waals surface area contributed by atoms with E-state index in [-0.39, 0.29) is 11.4 Å². The van der Waals surface area contributed by atoms with Crippen molar-refractivity contribution in [1.82, 2.24) is 4.98 Å². The van der Waals surface area contributed by atoms with Crippen LogP contribution in [0, 0.1) is 6.92 Å². The van der Waals surface area contributed by atoms with E-state index in [1.807, 2.05) is 19.1 Å². The van der Waals surface area contributed by atoms with E-state index in [0.717, 1.165) is 9.58 Å².